The molecule has 2 aliphatic rings. The number of methoxy groups -OCH3 is 1. The van der Waals surface area contributed by atoms with E-state index in [1.54, 1.807) is 7.11 Å². The molecule has 2 aliphatic heterocycles. The minimum absolute atomic E-state index is 0.190. The zero-order chi connectivity index (χ0) is 23.2. The third-order valence-corrected chi connectivity index (χ3v) is 6.89. The van der Waals surface area contributed by atoms with E-state index in [9.17, 15) is 0 Å². The van der Waals surface area contributed by atoms with Crippen LogP contribution in [0.15, 0.2) is 83.5 Å². The Labute approximate surface area is 202 Å². The number of thioether (sulfide) groups is 1. The SMILES string of the molecule is COc1ccc([C@@H]2C3=C(Nc4nc(SC)nn42)c2ccccc2O[C@H]3c2ccc(C)cc2)cc1. The molecule has 7 heteroatoms. The maximum atomic E-state index is 6.68. The fourth-order valence-electron chi connectivity index (χ4n) is 4.67. The average molecular weight is 469 g/mol. The van der Waals surface area contributed by atoms with Gasteiger partial charge in [-0.2, -0.15) is 4.98 Å². The number of rotatable bonds is 4. The number of nitrogens with one attached hydrogen (secondary N) is 1. The lowest BCUT2D eigenvalue weighted by molar-refractivity contribution is 0.223. The van der Waals surface area contributed by atoms with Crippen LogP contribution >= 0.6 is 11.8 Å². The maximum Gasteiger partial charge on any atom is 0.227 e. The van der Waals surface area contributed by atoms with Crippen LogP contribution in [0.1, 0.15) is 34.4 Å². The summed E-state index contributed by atoms with van der Waals surface area (Å²) >= 11 is 1.53. The van der Waals surface area contributed by atoms with Crippen molar-refractivity contribution in [2.24, 2.45) is 0 Å². The van der Waals surface area contributed by atoms with Crippen molar-refractivity contribution in [2.45, 2.75) is 24.2 Å². The Kier molecular flexibility index (Phi) is 5.07. The normalized spacial score (nSPS) is 18.3. The molecule has 0 radical (unpaired) electrons. The van der Waals surface area contributed by atoms with Gasteiger partial charge in [-0.3, -0.25) is 0 Å². The van der Waals surface area contributed by atoms with Gasteiger partial charge in [-0.1, -0.05) is 65.9 Å². The molecule has 0 saturated carbocycles. The number of ether oxygens (including phenoxy) is 2. The molecule has 1 N–H and O–H groups in total. The van der Waals surface area contributed by atoms with Crippen molar-refractivity contribution < 1.29 is 9.47 Å². The first-order valence-electron chi connectivity index (χ1n) is 11.1. The number of benzene rings is 3. The molecular formula is C27H24N4O2S. The van der Waals surface area contributed by atoms with E-state index in [-0.39, 0.29) is 12.1 Å². The van der Waals surface area contributed by atoms with Gasteiger partial charge < -0.3 is 14.8 Å². The minimum Gasteiger partial charge on any atom is -0.497 e. The van der Waals surface area contributed by atoms with Gasteiger partial charge in [-0.15, -0.1) is 5.10 Å². The Morgan fingerprint density at radius 3 is 2.44 bits per heavy atom. The zero-order valence-electron chi connectivity index (χ0n) is 19.1. The number of anilines is 1. The fraction of sp³-hybridized carbons (Fsp3) is 0.185. The number of para-hydroxylation sites is 1. The van der Waals surface area contributed by atoms with Crippen LogP contribution in [0.2, 0.25) is 0 Å². The van der Waals surface area contributed by atoms with Crippen LogP contribution in [0.25, 0.3) is 5.70 Å². The summed E-state index contributed by atoms with van der Waals surface area (Å²) < 4.78 is 14.1. The third-order valence-electron chi connectivity index (χ3n) is 6.35. The van der Waals surface area contributed by atoms with Gasteiger partial charge in [0.25, 0.3) is 0 Å². The van der Waals surface area contributed by atoms with Crippen LogP contribution in [-0.2, 0) is 0 Å². The monoisotopic (exact) mass is 468 g/mol. The van der Waals surface area contributed by atoms with Crippen molar-refractivity contribution in [1.29, 1.82) is 0 Å². The van der Waals surface area contributed by atoms with Crippen molar-refractivity contribution in [3.63, 3.8) is 0 Å². The van der Waals surface area contributed by atoms with E-state index in [0.717, 1.165) is 50.6 Å². The largest absolute Gasteiger partial charge is 0.497 e. The minimum atomic E-state index is -0.278. The molecule has 4 aromatic rings. The van der Waals surface area contributed by atoms with Crippen molar-refractivity contribution in [3.8, 4) is 11.5 Å². The molecule has 170 valence electrons. The van der Waals surface area contributed by atoms with Crippen molar-refractivity contribution in [1.82, 2.24) is 14.8 Å². The first-order valence-corrected chi connectivity index (χ1v) is 12.4. The summed E-state index contributed by atoms with van der Waals surface area (Å²) in [6, 6.07) is 24.7. The number of fused-ring (bicyclic) bond motifs is 3. The molecule has 2 atom stereocenters. The van der Waals surface area contributed by atoms with E-state index in [0.29, 0.717) is 0 Å². The smallest absolute Gasteiger partial charge is 0.227 e. The van der Waals surface area contributed by atoms with Crippen LogP contribution in [0.4, 0.5) is 5.95 Å². The number of aromatic nitrogens is 3. The molecule has 1 aromatic heterocycles. The summed E-state index contributed by atoms with van der Waals surface area (Å²) in [5.74, 6) is 2.39. The topological polar surface area (TPSA) is 61.2 Å². The molecule has 6 nitrogen and oxygen atoms in total. The number of hydrogen-bond acceptors (Lipinski definition) is 6. The Hall–Kier alpha value is -3.71. The predicted octanol–water partition coefficient (Wildman–Crippen LogP) is 5.88. The van der Waals surface area contributed by atoms with Crippen molar-refractivity contribution >= 4 is 23.4 Å². The second kappa shape index (κ2) is 8.25. The highest BCUT2D eigenvalue weighted by atomic mass is 32.2. The summed E-state index contributed by atoms with van der Waals surface area (Å²) in [6.45, 7) is 2.10. The lowest BCUT2D eigenvalue weighted by atomic mass is 9.84. The molecule has 6 rings (SSSR count). The van der Waals surface area contributed by atoms with Gasteiger partial charge in [0.2, 0.25) is 11.1 Å². The molecule has 0 amide bonds. The number of aryl methyl sites for hydroxylation is 1. The van der Waals surface area contributed by atoms with E-state index in [2.05, 4.69) is 54.7 Å². The molecule has 3 aromatic carbocycles. The maximum absolute atomic E-state index is 6.68. The van der Waals surface area contributed by atoms with Crippen LogP contribution in [0.5, 0.6) is 11.5 Å². The lowest BCUT2D eigenvalue weighted by Gasteiger charge is -2.39. The highest BCUT2D eigenvalue weighted by Gasteiger charge is 2.41. The van der Waals surface area contributed by atoms with Crippen LogP contribution < -0.4 is 14.8 Å². The van der Waals surface area contributed by atoms with Gasteiger partial charge in [0.05, 0.1) is 12.8 Å². The average Bonchev–Trinajstić information content (AvgIpc) is 3.30. The van der Waals surface area contributed by atoms with Crippen molar-refractivity contribution in [3.05, 3.63) is 101 Å². The Morgan fingerprint density at radius 2 is 1.71 bits per heavy atom. The van der Waals surface area contributed by atoms with E-state index in [1.165, 1.54) is 17.3 Å². The first kappa shape index (κ1) is 20.9. The highest BCUT2D eigenvalue weighted by molar-refractivity contribution is 7.98. The van der Waals surface area contributed by atoms with E-state index in [4.69, 9.17) is 19.6 Å². The summed E-state index contributed by atoms with van der Waals surface area (Å²) in [4.78, 5) is 4.76. The Bertz CT molecular complexity index is 1390. The van der Waals surface area contributed by atoms with Crippen LogP contribution in [0.3, 0.4) is 0 Å². The standard InChI is InChI=1S/C27H24N4O2S/c1-16-8-10-18(11-9-16)25-22-23(20-6-4-5-7-21(20)33-25)28-26-29-27(34-3)30-31(26)24(22)17-12-14-19(32-2)15-13-17/h4-15,24-25H,1-3H3,(H,28,29,30)/t24-,25+/m1/s1. The van der Waals surface area contributed by atoms with Gasteiger partial charge in [0.1, 0.15) is 23.6 Å². The number of hydrogen-bond donors (Lipinski definition) is 1. The molecule has 0 fully saturated rings. The molecular weight excluding hydrogens is 444 g/mol. The van der Waals surface area contributed by atoms with Gasteiger partial charge in [0.15, 0.2) is 0 Å². The summed E-state index contributed by atoms with van der Waals surface area (Å²) in [5.41, 5.74) is 6.57. The molecule has 34 heavy (non-hydrogen) atoms. The summed E-state index contributed by atoms with van der Waals surface area (Å²) in [7, 11) is 1.68. The molecule has 0 saturated heterocycles. The first-order chi connectivity index (χ1) is 16.7. The quantitative estimate of drug-likeness (QED) is 0.378. The predicted molar refractivity (Wildman–Crippen MR) is 134 cm³/mol. The second-order valence-corrected chi connectivity index (χ2v) is 9.18. The molecule has 0 bridgehead atoms. The third kappa shape index (κ3) is 3.35. The zero-order valence-corrected chi connectivity index (χ0v) is 20.0. The molecule has 3 heterocycles. The van der Waals surface area contributed by atoms with Crippen LogP contribution in [0, 0.1) is 6.92 Å². The lowest BCUT2D eigenvalue weighted by Crippen LogP contribution is -2.32. The van der Waals surface area contributed by atoms with Crippen molar-refractivity contribution in [2.75, 3.05) is 18.7 Å². The highest BCUT2D eigenvalue weighted by Crippen LogP contribution is 2.50. The fourth-order valence-corrected chi connectivity index (χ4v) is 5.01. The van der Waals surface area contributed by atoms with Gasteiger partial charge >= 0.3 is 0 Å². The second-order valence-electron chi connectivity index (χ2n) is 8.40. The Balaban J connectivity index is 1.61. The van der Waals surface area contributed by atoms with Gasteiger partial charge in [0, 0.05) is 11.1 Å². The van der Waals surface area contributed by atoms with Crippen LogP contribution in [-0.4, -0.2) is 28.1 Å². The summed E-state index contributed by atoms with van der Waals surface area (Å²) in [5, 5.41) is 9.16. The van der Waals surface area contributed by atoms with Gasteiger partial charge in [-0.25, -0.2) is 4.68 Å². The van der Waals surface area contributed by atoms with E-state index in [1.807, 2.05) is 41.3 Å². The molecule has 0 aliphatic carbocycles. The van der Waals surface area contributed by atoms with Gasteiger partial charge in [-0.05, 0) is 48.6 Å². The summed E-state index contributed by atoms with van der Waals surface area (Å²) in [6.07, 6.45) is 1.71. The Morgan fingerprint density at radius 1 is 0.971 bits per heavy atom. The number of nitrogens with zero attached hydrogens (tertiary/aromatic N) is 3. The molecule has 0 spiro atoms. The molecule has 0 unspecified atom stereocenters. The van der Waals surface area contributed by atoms with E-state index < -0.39 is 0 Å². The van der Waals surface area contributed by atoms with E-state index >= 15 is 0 Å².